The number of anilines is 1. The zero-order chi connectivity index (χ0) is 14.7. The van der Waals surface area contributed by atoms with Crippen molar-refractivity contribution in [3.05, 3.63) is 48.3 Å². The second-order valence-corrected chi connectivity index (χ2v) is 4.90. The van der Waals surface area contributed by atoms with Crippen LogP contribution in [0.2, 0.25) is 0 Å². The first-order valence-electron chi connectivity index (χ1n) is 6.75. The fraction of sp³-hybridized carbons (Fsp3) is 0.188. The first kappa shape index (κ1) is 13.3. The fourth-order valence-corrected chi connectivity index (χ4v) is 1.99. The molecule has 21 heavy (non-hydrogen) atoms. The highest BCUT2D eigenvalue weighted by Crippen LogP contribution is 2.24. The lowest BCUT2D eigenvalue weighted by molar-refractivity contribution is 0.428. The van der Waals surface area contributed by atoms with Crippen molar-refractivity contribution in [2.24, 2.45) is 4.99 Å². The minimum absolute atomic E-state index is 0.498. The van der Waals surface area contributed by atoms with Crippen LogP contribution in [0.1, 0.15) is 12.2 Å². The van der Waals surface area contributed by atoms with Crippen molar-refractivity contribution in [1.29, 1.82) is 0 Å². The molecule has 0 amide bonds. The molecule has 0 saturated carbocycles. The number of nitrogens with zero attached hydrogens (tertiary/aromatic N) is 4. The first-order valence-corrected chi connectivity index (χ1v) is 6.75. The van der Waals surface area contributed by atoms with Crippen LogP contribution >= 0.6 is 0 Å². The number of aromatic nitrogens is 2. The fourth-order valence-electron chi connectivity index (χ4n) is 1.99. The Bertz CT molecular complexity index is 725. The Morgan fingerprint density at radius 3 is 3.00 bits per heavy atom. The Hall–Kier alpha value is -2.69. The molecular weight excluding hydrogens is 264 g/mol. The molecule has 2 aromatic rings. The van der Waals surface area contributed by atoms with E-state index in [0.29, 0.717) is 17.4 Å². The molecule has 106 valence electrons. The van der Waals surface area contributed by atoms with Crippen LogP contribution in [0.5, 0.6) is 0 Å². The van der Waals surface area contributed by atoms with Gasteiger partial charge in [-0.2, -0.15) is 4.98 Å². The molecule has 0 spiro atoms. The van der Waals surface area contributed by atoms with E-state index < -0.39 is 0 Å². The molecular formula is C16H16N4O. The lowest BCUT2D eigenvalue weighted by Gasteiger charge is -2.12. The maximum atomic E-state index is 5.36. The Morgan fingerprint density at radius 1 is 1.24 bits per heavy atom. The number of benzene rings is 1. The first-order chi connectivity index (χ1) is 10.2. The van der Waals surface area contributed by atoms with E-state index in [1.807, 2.05) is 67.7 Å². The highest BCUT2D eigenvalue weighted by atomic mass is 16.5. The van der Waals surface area contributed by atoms with E-state index in [0.717, 1.165) is 17.7 Å². The molecule has 0 N–H and O–H groups in total. The van der Waals surface area contributed by atoms with E-state index >= 15 is 0 Å². The molecule has 2 heterocycles. The van der Waals surface area contributed by atoms with Gasteiger partial charge in [-0.3, -0.25) is 4.99 Å². The van der Waals surface area contributed by atoms with Gasteiger partial charge in [-0.25, -0.2) is 0 Å². The predicted octanol–water partition coefficient (Wildman–Crippen LogP) is 3.17. The van der Waals surface area contributed by atoms with Crippen LogP contribution < -0.4 is 4.90 Å². The third-order valence-electron chi connectivity index (χ3n) is 3.13. The van der Waals surface area contributed by atoms with Gasteiger partial charge in [0.1, 0.15) is 5.70 Å². The topological polar surface area (TPSA) is 54.5 Å². The van der Waals surface area contributed by atoms with E-state index in [4.69, 9.17) is 4.52 Å². The molecule has 3 rings (SSSR count). The van der Waals surface area contributed by atoms with Gasteiger partial charge in [-0.05, 0) is 24.3 Å². The number of hydrogen-bond acceptors (Lipinski definition) is 5. The summed E-state index contributed by atoms with van der Waals surface area (Å²) >= 11 is 0. The number of hydrogen-bond donors (Lipinski definition) is 0. The summed E-state index contributed by atoms with van der Waals surface area (Å²) in [5.41, 5.74) is 2.69. The van der Waals surface area contributed by atoms with Gasteiger partial charge in [0.2, 0.25) is 5.82 Å². The lowest BCUT2D eigenvalue weighted by atomic mass is 10.2. The minimum Gasteiger partial charge on any atom is -0.378 e. The van der Waals surface area contributed by atoms with Gasteiger partial charge in [0.15, 0.2) is 0 Å². The number of rotatable bonds is 3. The van der Waals surface area contributed by atoms with Gasteiger partial charge in [0.25, 0.3) is 5.89 Å². The van der Waals surface area contributed by atoms with Gasteiger partial charge in [0.05, 0.1) is 0 Å². The Morgan fingerprint density at radius 2 is 2.14 bits per heavy atom. The highest BCUT2D eigenvalue weighted by molar-refractivity contribution is 5.74. The molecule has 0 radical (unpaired) electrons. The summed E-state index contributed by atoms with van der Waals surface area (Å²) < 4.78 is 5.36. The molecule has 0 aliphatic carbocycles. The molecule has 0 fully saturated rings. The van der Waals surface area contributed by atoms with Gasteiger partial charge < -0.3 is 9.42 Å². The Kier molecular flexibility index (Phi) is 3.64. The summed E-state index contributed by atoms with van der Waals surface area (Å²) in [5.74, 6) is 1.00. The van der Waals surface area contributed by atoms with Crippen LogP contribution in [-0.2, 0) is 0 Å². The molecule has 1 aliphatic rings. The lowest BCUT2D eigenvalue weighted by Crippen LogP contribution is -2.08. The molecule has 1 aliphatic heterocycles. The standard InChI is InChI=1S/C16H16N4O/c1-20(2)13-8-6-7-12(11-13)16-18-15(19-21-16)14-9-4-3-5-10-17-14/h3-4,6-11H,5H2,1-2H3. The van der Waals surface area contributed by atoms with Crippen LogP contribution in [0.15, 0.2) is 52.0 Å². The Labute approximate surface area is 123 Å². The van der Waals surface area contributed by atoms with Crippen LogP contribution in [-0.4, -0.2) is 30.5 Å². The minimum atomic E-state index is 0.498. The average molecular weight is 280 g/mol. The maximum absolute atomic E-state index is 5.36. The summed E-state index contributed by atoms with van der Waals surface area (Å²) in [6.07, 6.45) is 8.51. The summed E-state index contributed by atoms with van der Waals surface area (Å²) in [5, 5.41) is 4.02. The third-order valence-corrected chi connectivity index (χ3v) is 3.13. The van der Waals surface area contributed by atoms with Crippen molar-refractivity contribution in [2.75, 3.05) is 19.0 Å². The number of allylic oxidation sites excluding steroid dienone is 3. The maximum Gasteiger partial charge on any atom is 0.258 e. The van der Waals surface area contributed by atoms with Crippen LogP contribution in [0.4, 0.5) is 5.69 Å². The van der Waals surface area contributed by atoms with E-state index in [-0.39, 0.29) is 0 Å². The summed E-state index contributed by atoms with van der Waals surface area (Å²) in [6.45, 7) is 0. The normalized spacial score (nSPS) is 13.9. The van der Waals surface area contributed by atoms with Crippen molar-refractivity contribution in [1.82, 2.24) is 10.1 Å². The van der Waals surface area contributed by atoms with Crippen molar-refractivity contribution in [3.8, 4) is 11.5 Å². The molecule has 0 unspecified atom stereocenters. The molecule has 0 bridgehead atoms. The van der Waals surface area contributed by atoms with Gasteiger partial charge in [0, 0.05) is 38.0 Å². The second-order valence-electron chi connectivity index (χ2n) is 4.90. The summed E-state index contributed by atoms with van der Waals surface area (Å²) in [6, 6.07) is 7.97. The van der Waals surface area contributed by atoms with Gasteiger partial charge in [-0.15, -0.1) is 0 Å². The highest BCUT2D eigenvalue weighted by Gasteiger charge is 2.12. The molecule has 5 nitrogen and oxygen atoms in total. The SMILES string of the molecule is CN(C)c1cccc(-c2nc(C3=CC=CCC=N3)no2)c1. The van der Waals surface area contributed by atoms with E-state index in [9.17, 15) is 0 Å². The van der Waals surface area contributed by atoms with E-state index in [2.05, 4.69) is 15.1 Å². The zero-order valence-electron chi connectivity index (χ0n) is 12.0. The van der Waals surface area contributed by atoms with Crippen molar-refractivity contribution in [2.45, 2.75) is 6.42 Å². The molecule has 0 atom stereocenters. The van der Waals surface area contributed by atoms with Crippen molar-refractivity contribution >= 4 is 17.6 Å². The smallest absolute Gasteiger partial charge is 0.258 e. The quantitative estimate of drug-likeness (QED) is 0.866. The van der Waals surface area contributed by atoms with Crippen molar-refractivity contribution < 1.29 is 4.52 Å². The average Bonchev–Trinajstić information content (AvgIpc) is 2.83. The van der Waals surface area contributed by atoms with E-state index in [1.165, 1.54) is 0 Å². The molecule has 1 aromatic carbocycles. The molecule has 0 saturated heterocycles. The predicted molar refractivity (Wildman–Crippen MR) is 84.3 cm³/mol. The van der Waals surface area contributed by atoms with Crippen LogP contribution in [0.25, 0.3) is 17.2 Å². The second kappa shape index (κ2) is 5.75. The van der Waals surface area contributed by atoms with Crippen LogP contribution in [0, 0.1) is 0 Å². The molecule has 5 heteroatoms. The zero-order valence-corrected chi connectivity index (χ0v) is 12.0. The summed E-state index contributed by atoms with van der Waals surface area (Å²) in [7, 11) is 3.99. The third kappa shape index (κ3) is 2.91. The largest absolute Gasteiger partial charge is 0.378 e. The Balaban J connectivity index is 1.93. The van der Waals surface area contributed by atoms with Crippen molar-refractivity contribution in [3.63, 3.8) is 0 Å². The van der Waals surface area contributed by atoms with Gasteiger partial charge >= 0.3 is 0 Å². The van der Waals surface area contributed by atoms with E-state index in [1.54, 1.807) is 0 Å². The number of aliphatic imine (C=N–C) groups is 1. The monoisotopic (exact) mass is 280 g/mol. The molecule has 1 aromatic heterocycles. The summed E-state index contributed by atoms with van der Waals surface area (Å²) in [4.78, 5) is 10.8. The van der Waals surface area contributed by atoms with Crippen LogP contribution in [0.3, 0.4) is 0 Å². The van der Waals surface area contributed by atoms with Gasteiger partial charge in [-0.1, -0.05) is 23.4 Å².